The van der Waals surface area contributed by atoms with Gasteiger partial charge in [-0.2, -0.15) is 0 Å². The molecule has 1 aromatic heterocycles. The molecule has 2 aromatic rings. The summed E-state index contributed by atoms with van der Waals surface area (Å²) in [6.45, 7) is 9.58. The van der Waals surface area contributed by atoms with Crippen LogP contribution in [0.4, 0.5) is 5.69 Å². The molecule has 0 unspecified atom stereocenters. The fourth-order valence-electron chi connectivity index (χ4n) is 2.30. The van der Waals surface area contributed by atoms with Gasteiger partial charge in [0.15, 0.2) is 0 Å². The van der Waals surface area contributed by atoms with Gasteiger partial charge in [0.2, 0.25) is 0 Å². The first-order valence-electron chi connectivity index (χ1n) is 6.50. The van der Waals surface area contributed by atoms with Crippen LogP contribution in [0.3, 0.4) is 0 Å². The Bertz CT molecular complexity index is 624. The predicted octanol–water partition coefficient (Wildman–Crippen LogP) is 4.79. The molecule has 0 aliphatic rings. The maximum absolute atomic E-state index is 4.59. The molecule has 2 rings (SSSR count). The fourth-order valence-corrected chi connectivity index (χ4v) is 2.63. The van der Waals surface area contributed by atoms with Gasteiger partial charge in [-0.15, -0.1) is 0 Å². The molecule has 2 nitrogen and oxygen atoms in total. The van der Waals surface area contributed by atoms with Gasteiger partial charge in [-0.05, 0) is 80.1 Å². The SMILES string of the molecule is CCn1c(C)cc(C=Nc2ccc(I)c(C)c2)c1C. The van der Waals surface area contributed by atoms with E-state index in [-0.39, 0.29) is 0 Å². The number of hydrogen-bond donors (Lipinski definition) is 0. The van der Waals surface area contributed by atoms with Crippen molar-refractivity contribution in [3.63, 3.8) is 0 Å². The molecule has 0 saturated carbocycles. The zero-order chi connectivity index (χ0) is 14.0. The minimum atomic E-state index is 1.01. The van der Waals surface area contributed by atoms with E-state index in [9.17, 15) is 0 Å². The highest BCUT2D eigenvalue weighted by Gasteiger charge is 2.05. The first-order chi connectivity index (χ1) is 9.02. The van der Waals surface area contributed by atoms with E-state index in [0.717, 1.165) is 12.2 Å². The highest BCUT2D eigenvalue weighted by atomic mass is 127. The third-order valence-electron chi connectivity index (χ3n) is 3.42. The largest absolute Gasteiger partial charge is 0.349 e. The molecule has 0 amide bonds. The number of aliphatic imine (C=N–C) groups is 1. The maximum Gasteiger partial charge on any atom is 0.0633 e. The number of nitrogens with zero attached hydrogens (tertiary/aromatic N) is 2. The summed E-state index contributed by atoms with van der Waals surface area (Å²) >= 11 is 2.34. The molecule has 0 spiro atoms. The van der Waals surface area contributed by atoms with E-state index in [1.165, 1.54) is 26.1 Å². The number of aromatic nitrogens is 1. The predicted molar refractivity (Wildman–Crippen MR) is 90.7 cm³/mol. The van der Waals surface area contributed by atoms with E-state index >= 15 is 0 Å². The molecule has 0 aliphatic heterocycles. The molecule has 0 bridgehead atoms. The third kappa shape index (κ3) is 3.08. The second kappa shape index (κ2) is 5.90. The van der Waals surface area contributed by atoms with E-state index in [0.29, 0.717) is 0 Å². The van der Waals surface area contributed by atoms with E-state index in [1.807, 2.05) is 6.21 Å². The molecule has 1 heterocycles. The van der Waals surface area contributed by atoms with Crippen LogP contribution in [0.25, 0.3) is 0 Å². The van der Waals surface area contributed by atoms with E-state index in [2.05, 4.69) is 84.1 Å². The average Bonchev–Trinajstić information content (AvgIpc) is 2.65. The Labute approximate surface area is 128 Å². The third-order valence-corrected chi connectivity index (χ3v) is 4.63. The van der Waals surface area contributed by atoms with Crippen LogP contribution in [0.2, 0.25) is 0 Å². The number of benzene rings is 1. The van der Waals surface area contributed by atoms with E-state index in [1.54, 1.807) is 0 Å². The molecule has 0 N–H and O–H groups in total. The summed E-state index contributed by atoms with van der Waals surface area (Å²) in [5, 5.41) is 0. The lowest BCUT2D eigenvalue weighted by Crippen LogP contribution is -1.99. The molecule has 100 valence electrons. The number of halogens is 1. The summed E-state index contributed by atoms with van der Waals surface area (Å²) in [5.41, 5.74) is 6.07. The van der Waals surface area contributed by atoms with E-state index in [4.69, 9.17) is 0 Å². The molecular weight excluding hydrogens is 347 g/mol. The summed E-state index contributed by atoms with van der Waals surface area (Å²) in [4.78, 5) is 4.59. The zero-order valence-electron chi connectivity index (χ0n) is 11.9. The Balaban J connectivity index is 2.30. The lowest BCUT2D eigenvalue weighted by atomic mass is 10.2. The van der Waals surface area contributed by atoms with Crippen molar-refractivity contribution in [1.29, 1.82) is 0 Å². The summed E-state index contributed by atoms with van der Waals surface area (Å²) in [7, 11) is 0. The number of aryl methyl sites for hydroxylation is 2. The van der Waals surface area contributed by atoms with E-state index < -0.39 is 0 Å². The average molecular weight is 366 g/mol. The Morgan fingerprint density at radius 2 is 1.95 bits per heavy atom. The van der Waals surface area contributed by atoms with Crippen LogP contribution in [-0.2, 0) is 6.54 Å². The quantitative estimate of drug-likeness (QED) is 0.549. The highest BCUT2D eigenvalue weighted by Crippen LogP contribution is 2.20. The highest BCUT2D eigenvalue weighted by molar-refractivity contribution is 14.1. The maximum atomic E-state index is 4.59. The Morgan fingerprint density at radius 3 is 2.53 bits per heavy atom. The van der Waals surface area contributed by atoms with Crippen LogP contribution in [0.5, 0.6) is 0 Å². The van der Waals surface area contributed by atoms with Crippen molar-refractivity contribution in [2.24, 2.45) is 4.99 Å². The second-order valence-corrected chi connectivity index (χ2v) is 5.92. The summed E-state index contributed by atoms with van der Waals surface area (Å²) in [6.07, 6.45) is 1.97. The van der Waals surface area contributed by atoms with Crippen LogP contribution < -0.4 is 0 Å². The van der Waals surface area contributed by atoms with Gasteiger partial charge in [-0.25, -0.2) is 0 Å². The van der Waals surface area contributed by atoms with Crippen LogP contribution in [-0.4, -0.2) is 10.8 Å². The van der Waals surface area contributed by atoms with Crippen molar-refractivity contribution < 1.29 is 0 Å². The van der Waals surface area contributed by atoms with Gasteiger partial charge in [0.05, 0.1) is 5.69 Å². The van der Waals surface area contributed by atoms with Crippen molar-refractivity contribution in [1.82, 2.24) is 4.57 Å². The van der Waals surface area contributed by atoms with Crippen molar-refractivity contribution >= 4 is 34.5 Å². The van der Waals surface area contributed by atoms with Crippen LogP contribution >= 0.6 is 22.6 Å². The Morgan fingerprint density at radius 1 is 1.21 bits per heavy atom. The van der Waals surface area contributed by atoms with Gasteiger partial charge in [-0.3, -0.25) is 4.99 Å². The number of rotatable bonds is 3. The molecule has 0 atom stereocenters. The molecule has 0 fully saturated rings. The lowest BCUT2D eigenvalue weighted by Gasteiger charge is -2.04. The fraction of sp³-hybridized carbons (Fsp3) is 0.312. The molecule has 0 aliphatic carbocycles. The summed E-state index contributed by atoms with van der Waals surface area (Å²) < 4.78 is 3.58. The van der Waals surface area contributed by atoms with Gasteiger partial charge in [0.25, 0.3) is 0 Å². The molecule has 19 heavy (non-hydrogen) atoms. The van der Waals surface area contributed by atoms with Crippen LogP contribution in [0.1, 0.15) is 29.4 Å². The summed E-state index contributed by atoms with van der Waals surface area (Å²) in [5.74, 6) is 0. The minimum absolute atomic E-state index is 1.01. The summed E-state index contributed by atoms with van der Waals surface area (Å²) in [6, 6.07) is 8.49. The normalized spacial score (nSPS) is 11.4. The van der Waals surface area contributed by atoms with Crippen molar-refractivity contribution in [3.8, 4) is 0 Å². The zero-order valence-corrected chi connectivity index (χ0v) is 14.0. The van der Waals surface area contributed by atoms with Crippen LogP contribution in [0.15, 0.2) is 29.3 Å². The smallest absolute Gasteiger partial charge is 0.0633 e. The molecule has 0 saturated heterocycles. The monoisotopic (exact) mass is 366 g/mol. The van der Waals surface area contributed by atoms with Gasteiger partial charge in [-0.1, -0.05) is 0 Å². The topological polar surface area (TPSA) is 17.3 Å². The second-order valence-electron chi connectivity index (χ2n) is 4.76. The standard InChI is InChI=1S/C16H19IN2/c1-5-19-12(3)9-14(13(19)4)10-18-15-6-7-16(17)11(2)8-15/h6-10H,5H2,1-4H3. The van der Waals surface area contributed by atoms with Gasteiger partial charge in [0.1, 0.15) is 0 Å². The molecule has 1 aromatic carbocycles. The van der Waals surface area contributed by atoms with Gasteiger partial charge in [0, 0.05) is 33.3 Å². The first-order valence-corrected chi connectivity index (χ1v) is 7.57. The molecule has 3 heteroatoms. The van der Waals surface area contributed by atoms with Crippen LogP contribution in [0, 0.1) is 24.3 Å². The van der Waals surface area contributed by atoms with Gasteiger partial charge < -0.3 is 4.57 Å². The van der Waals surface area contributed by atoms with Gasteiger partial charge >= 0.3 is 0 Å². The minimum Gasteiger partial charge on any atom is -0.349 e. The van der Waals surface area contributed by atoms with Crippen molar-refractivity contribution in [2.75, 3.05) is 0 Å². The Hall–Kier alpha value is -1.10. The lowest BCUT2D eigenvalue weighted by molar-refractivity contribution is 0.718. The van der Waals surface area contributed by atoms with Crippen molar-refractivity contribution in [2.45, 2.75) is 34.2 Å². The Kier molecular flexibility index (Phi) is 4.45. The molecular formula is C16H19IN2. The number of hydrogen-bond acceptors (Lipinski definition) is 1. The first kappa shape index (κ1) is 14.3. The molecule has 0 radical (unpaired) electrons. The van der Waals surface area contributed by atoms with Crippen molar-refractivity contribution in [3.05, 3.63) is 50.4 Å².